The lowest BCUT2D eigenvalue weighted by atomic mass is 9.46. The summed E-state index contributed by atoms with van der Waals surface area (Å²) < 4.78 is 34.9. The van der Waals surface area contributed by atoms with Crippen molar-refractivity contribution in [3.8, 4) is 0 Å². The molecule has 4 atom stereocenters. The van der Waals surface area contributed by atoms with Gasteiger partial charge >= 0.3 is 0 Å². The second-order valence-corrected chi connectivity index (χ2v) is 13.8. The quantitative estimate of drug-likeness (QED) is 0.319. The first kappa shape index (κ1) is 27.1. The van der Waals surface area contributed by atoms with E-state index in [0.29, 0.717) is 18.4 Å². The van der Waals surface area contributed by atoms with Crippen molar-refractivity contribution in [3.63, 3.8) is 0 Å². The zero-order valence-electron chi connectivity index (χ0n) is 23.1. The maximum absolute atomic E-state index is 12.8. The van der Waals surface area contributed by atoms with Crippen LogP contribution in [0.4, 0.5) is 0 Å². The first-order valence-corrected chi connectivity index (χ1v) is 15.4. The van der Waals surface area contributed by atoms with Crippen molar-refractivity contribution >= 4 is 10.0 Å². The van der Waals surface area contributed by atoms with Crippen LogP contribution in [0.25, 0.3) is 0 Å². The van der Waals surface area contributed by atoms with E-state index in [1.165, 1.54) is 23.1 Å². The average molecular weight is 532 g/mol. The Labute approximate surface area is 228 Å². The van der Waals surface area contributed by atoms with Crippen molar-refractivity contribution in [2.24, 2.45) is 17.3 Å². The Kier molecular flexibility index (Phi) is 7.56. The van der Waals surface area contributed by atoms with Crippen LogP contribution < -0.4 is 4.72 Å². The second kappa shape index (κ2) is 10.6. The third-order valence-corrected chi connectivity index (χ3v) is 10.9. The van der Waals surface area contributed by atoms with Crippen molar-refractivity contribution in [2.75, 3.05) is 13.2 Å². The number of aryl methyl sites for hydroxylation is 2. The monoisotopic (exact) mass is 531 g/mol. The molecule has 38 heavy (non-hydrogen) atoms. The van der Waals surface area contributed by atoms with Crippen LogP contribution in [0.15, 0.2) is 83.8 Å². The minimum Gasteiger partial charge on any atom is -0.372 e. The van der Waals surface area contributed by atoms with Gasteiger partial charge in [0.05, 0.1) is 17.6 Å². The van der Waals surface area contributed by atoms with Gasteiger partial charge in [0, 0.05) is 6.54 Å². The molecule has 0 radical (unpaired) electrons. The van der Waals surface area contributed by atoms with Gasteiger partial charge in [-0.2, -0.15) is 0 Å². The highest BCUT2D eigenvalue weighted by Gasteiger charge is 2.55. The first-order chi connectivity index (χ1) is 18.1. The fourth-order valence-corrected chi connectivity index (χ4v) is 8.49. The molecular weight excluding hydrogens is 490 g/mol. The summed E-state index contributed by atoms with van der Waals surface area (Å²) in [4.78, 5) is 0.285. The molecule has 4 nitrogen and oxygen atoms in total. The summed E-state index contributed by atoms with van der Waals surface area (Å²) in [6, 6.07) is 26.4. The third kappa shape index (κ3) is 5.09. The molecule has 0 saturated heterocycles. The van der Waals surface area contributed by atoms with E-state index in [1.807, 2.05) is 25.1 Å². The van der Waals surface area contributed by atoms with Crippen LogP contribution in [-0.2, 0) is 26.6 Å². The lowest BCUT2D eigenvalue weighted by Crippen LogP contribution is -2.53. The van der Waals surface area contributed by atoms with Crippen molar-refractivity contribution in [1.82, 2.24) is 4.72 Å². The summed E-state index contributed by atoms with van der Waals surface area (Å²) in [6.45, 7) is 9.86. The van der Waals surface area contributed by atoms with E-state index >= 15 is 0 Å². The smallest absolute Gasteiger partial charge is 0.240 e. The minimum atomic E-state index is -3.57. The number of ether oxygens (including phenoxy) is 1. The summed E-state index contributed by atoms with van der Waals surface area (Å²) in [5, 5.41) is 0. The van der Waals surface area contributed by atoms with Crippen molar-refractivity contribution in [3.05, 3.63) is 101 Å². The van der Waals surface area contributed by atoms with Gasteiger partial charge in [0.15, 0.2) is 0 Å². The highest BCUT2D eigenvalue weighted by Crippen LogP contribution is 2.61. The molecule has 0 aromatic heterocycles. The molecule has 0 bridgehead atoms. The molecule has 202 valence electrons. The Bertz CT molecular complexity index is 1350. The summed E-state index contributed by atoms with van der Waals surface area (Å²) in [6.07, 6.45) is 4.44. The average Bonchev–Trinajstić information content (AvgIpc) is 2.90. The molecule has 1 fully saturated rings. The molecule has 3 aromatic carbocycles. The Hall–Kier alpha value is -2.47. The van der Waals surface area contributed by atoms with E-state index in [-0.39, 0.29) is 28.4 Å². The summed E-state index contributed by atoms with van der Waals surface area (Å²) in [7, 11) is -3.57. The molecule has 1 N–H and O–H groups in total. The largest absolute Gasteiger partial charge is 0.372 e. The lowest BCUT2D eigenvalue weighted by Gasteiger charge is -2.59. The van der Waals surface area contributed by atoms with E-state index in [0.717, 1.165) is 24.8 Å². The molecule has 0 unspecified atom stereocenters. The third-order valence-electron chi connectivity index (χ3n) is 9.45. The molecule has 0 heterocycles. The fraction of sp³-hybridized carbons (Fsp3) is 0.455. The van der Waals surface area contributed by atoms with Crippen molar-refractivity contribution in [2.45, 2.75) is 69.8 Å². The van der Waals surface area contributed by atoms with Crippen molar-refractivity contribution < 1.29 is 13.2 Å². The predicted octanol–water partition coefficient (Wildman–Crippen LogP) is 6.99. The molecule has 3 aromatic rings. The van der Waals surface area contributed by atoms with E-state index in [2.05, 4.69) is 74.0 Å². The molecule has 1 saturated carbocycles. The Morgan fingerprint density at radius 1 is 0.921 bits per heavy atom. The molecule has 2 aliphatic carbocycles. The van der Waals surface area contributed by atoms with Crippen LogP contribution >= 0.6 is 0 Å². The molecule has 0 spiro atoms. The Morgan fingerprint density at radius 2 is 1.61 bits per heavy atom. The molecule has 2 aliphatic rings. The van der Waals surface area contributed by atoms with E-state index in [4.69, 9.17) is 4.74 Å². The van der Waals surface area contributed by atoms with Crippen molar-refractivity contribution in [1.29, 1.82) is 0 Å². The van der Waals surface area contributed by atoms with Gasteiger partial charge < -0.3 is 4.74 Å². The van der Waals surface area contributed by atoms with Gasteiger partial charge in [0.2, 0.25) is 10.0 Å². The van der Waals surface area contributed by atoms with E-state index in [1.54, 1.807) is 12.1 Å². The van der Waals surface area contributed by atoms with Crippen LogP contribution in [0.1, 0.15) is 68.4 Å². The fourth-order valence-electron chi connectivity index (χ4n) is 7.48. The maximum atomic E-state index is 12.8. The van der Waals surface area contributed by atoms with Gasteiger partial charge in [-0.3, -0.25) is 0 Å². The van der Waals surface area contributed by atoms with Crippen LogP contribution in [0, 0.1) is 24.2 Å². The van der Waals surface area contributed by atoms with Gasteiger partial charge in [-0.15, -0.1) is 0 Å². The van der Waals surface area contributed by atoms with Gasteiger partial charge in [-0.05, 0) is 84.1 Å². The summed E-state index contributed by atoms with van der Waals surface area (Å²) in [5.41, 5.74) is 5.47. The van der Waals surface area contributed by atoms with E-state index < -0.39 is 10.0 Å². The standard InChI is InChI=1S/C33H41NO3S/c1-24-14-17-27(18-15-24)38(35,36)34-22-23-37-31(26-11-6-5-7-12-26)29-20-21-33(4)28-13-9-8-10-25(28)16-19-30(33)32(29,2)3/h5-15,17-18,29-31,34H,16,19-23H2,1-4H3/t29-,30+,31+,33-/m1/s1. The van der Waals surface area contributed by atoms with E-state index in [9.17, 15) is 8.42 Å². The van der Waals surface area contributed by atoms with Crippen LogP contribution in [0.5, 0.6) is 0 Å². The number of benzene rings is 3. The van der Waals surface area contributed by atoms with Gasteiger partial charge in [-0.1, -0.05) is 93.1 Å². The number of nitrogens with one attached hydrogen (secondary N) is 1. The molecule has 5 heteroatoms. The Morgan fingerprint density at radius 3 is 2.34 bits per heavy atom. The SMILES string of the molecule is Cc1ccc(S(=O)(=O)NCCO[C@@H](c2ccccc2)[C@H]2CC[C@]3(C)c4ccccc4CC[C@H]3C2(C)C)cc1. The van der Waals surface area contributed by atoms with Crippen LogP contribution in [0.3, 0.4) is 0 Å². The predicted molar refractivity (Wildman–Crippen MR) is 154 cm³/mol. The topological polar surface area (TPSA) is 55.4 Å². The number of rotatable bonds is 8. The number of sulfonamides is 1. The second-order valence-electron chi connectivity index (χ2n) is 12.0. The van der Waals surface area contributed by atoms with Gasteiger partial charge in [0.1, 0.15) is 0 Å². The zero-order valence-corrected chi connectivity index (χ0v) is 23.9. The van der Waals surface area contributed by atoms with Gasteiger partial charge in [0.25, 0.3) is 0 Å². The molecular formula is C33H41NO3S. The minimum absolute atomic E-state index is 0.0580. The zero-order chi connectivity index (χ0) is 27.0. The summed E-state index contributed by atoms with van der Waals surface area (Å²) >= 11 is 0. The number of fused-ring (bicyclic) bond motifs is 3. The maximum Gasteiger partial charge on any atom is 0.240 e. The lowest BCUT2D eigenvalue weighted by molar-refractivity contribution is -0.0976. The molecule has 0 amide bonds. The van der Waals surface area contributed by atoms with Crippen LogP contribution in [0.2, 0.25) is 0 Å². The molecule has 0 aliphatic heterocycles. The van der Waals surface area contributed by atoms with Crippen LogP contribution in [-0.4, -0.2) is 21.6 Å². The number of hydrogen-bond acceptors (Lipinski definition) is 3. The molecule has 5 rings (SSSR count). The first-order valence-electron chi connectivity index (χ1n) is 13.9. The summed E-state index contributed by atoms with van der Waals surface area (Å²) in [5.74, 6) is 0.889. The number of hydrogen-bond donors (Lipinski definition) is 1. The Balaban J connectivity index is 1.34. The highest BCUT2D eigenvalue weighted by molar-refractivity contribution is 7.89. The highest BCUT2D eigenvalue weighted by atomic mass is 32.2. The normalized spacial score (nSPS) is 25.3. The van der Waals surface area contributed by atoms with Gasteiger partial charge in [-0.25, -0.2) is 13.1 Å².